The average molecular weight is 288 g/mol. The van der Waals surface area contributed by atoms with E-state index in [0.717, 1.165) is 17.6 Å². The molecule has 1 rings (SSSR count). The number of esters is 1. The van der Waals surface area contributed by atoms with Gasteiger partial charge in [0.2, 0.25) is 5.91 Å². The van der Waals surface area contributed by atoms with Gasteiger partial charge in [-0.15, -0.1) is 0 Å². The molecule has 0 aliphatic carbocycles. The summed E-state index contributed by atoms with van der Waals surface area (Å²) in [4.78, 5) is 27.4. The number of hydrogen-bond donors (Lipinski definition) is 1. The molecule has 0 aromatic carbocycles. The molecule has 0 spiro atoms. The second kappa shape index (κ2) is 7.38. The van der Waals surface area contributed by atoms with Crippen LogP contribution >= 0.6 is 0 Å². The highest BCUT2D eigenvalue weighted by Gasteiger charge is 2.14. The molecule has 112 valence electrons. The first-order valence-corrected chi connectivity index (χ1v) is 6.62. The highest BCUT2D eigenvalue weighted by atomic mass is 16.5. The summed E-state index contributed by atoms with van der Waals surface area (Å²) in [6.45, 7) is 5.71. The molecule has 0 unspecified atom stereocenters. The van der Waals surface area contributed by atoms with Crippen molar-refractivity contribution in [1.29, 1.82) is 0 Å². The third kappa shape index (κ3) is 4.27. The van der Waals surface area contributed by atoms with Crippen LogP contribution in [0.5, 0.6) is 0 Å². The van der Waals surface area contributed by atoms with E-state index in [0.29, 0.717) is 16.7 Å². The van der Waals surface area contributed by atoms with Crippen LogP contribution in [0.25, 0.3) is 6.08 Å². The molecule has 5 nitrogen and oxygen atoms in total. The smallest absolute Gasteiger partial charge is 0.340 e. The Kier molecular flexibility index (Phi) is 5.84. The van der Waals surface area contributed by atoms with Gasteiger partial charge in [0.1, 0.15) is 0 Å². The molecule has 1 heterocycles. The maximum absolute atomic E-state index is 11.8. The SMILES string of the molecule is CCC(C)=CC(=Cc1c(C)cncc1C(=O)OC)C(N)=O. The molecular formula is C16H20N2O3. The lowest BCUT2D eigenvalue weighted by molar-refractivity contribution is -0.114. The van der Waals surface area contributed by atoms with E-state index in [1.807, 2.05) is 13.8 Å². The maximum Gasteiger partial charge on any atom is 0.340 e. The van der Waals surface area contributed by atoms with Gasteiger partial charge < -0.3 is 10.5 Å². The van der Waals surface area contributed by atoms with Crippen molar-refractivity contribution in [2.75, 3.05) is 7.11 Å². The van der Waals surface area contributed by atoms with Crippen LogP contribution in [0, 0.1) is 6.92 Å². The van der Waals surface area contributed by atoms with Crippen molar-refractivity contribution in [2.45, 2.75) is 27.2 Å². The molecule has 1 amide bonds. The highest BCUT2D eigenvalue weighted by Crippen LogP contribution is 2.19. The fourth-order valence-electron chi connectivity index (χ4n) is 1.75. The van der Waals surface area contributed by atoms with E-state index in [1.165, 1.54) is 13.3 Å². The minimum atomic E-state index is -0.546. The van der Waals surface area contributed by atoms with Gasteiger partial charge in [-0.2, -0.15) is 0 Å². The summed E-state index contributed by atoms with van der Waals surface area (Å²) in [6.07, 6.45) is 7.17. The van der Waals surface area contributed by atoms with Crippen LogP contribution in [0.1, 0.15) is 41.8 Å². The van der Waals surface area contributed by atoms with Crippen LogP contribution in [-0.2, 0) is 9.53 Å². The lowest BCUT2D eigenvalue weighted by Crippen LogP contribution is -2.13. The first-order chi connectivity index (χ1) is 9.90. The number of nitrogens with zero attached hydrogens (tertiary/aromatic N) is 1. The number of primary amides is 1. The van der Waals surface area contributed by atoms with Crippen molar-refractivity contribution in [2.24, 2.45) is 5.73 Å². The third-order valence-corrected chi connectivity index (χ3v) is 3.14. The van der Waals surface area contributed by atoms with Crippen LogP contribution in [0.3, 0.4) is 0 Å². The van der Waals surface area contributed by atoms with Crippen molar-refractivity contribution in [3.8, 4) is 0 Å². The minimum Gasteiger partial charge on any atom is -0.465 e. The Bertz CT molecular complexity index is 616. The molecular weight excluding hydrogens is 268 g/mol. The Balaban J connectivity index is 3.47. The normalized spacial score (nSPS) is 12.2. The fourth-order valence-corrected chi connectivity index (χ4v) is 1.75. The van der Waals surface area contributed by atoms with E-state index in [1.54, 1.807) is 25.3 Å². The van der Waals surface area contributed by atoms with Crippen molar-refractivity contribution >= 4 is 18.0 Å². The topological polar surface area (TPSA) is 82.3 Å². The summed E-state index contributed by atoms with van der Waals surface area (Å²) in [7, 11) is 1.30. The number of aryl methyl sites for hydroxylation is 1. The van der Waals surface area contributed by atoms with Crippen molar-refractivity contribution in [3.05, 3.63) is 46.3 Å². The molecule has 2 N–H and O–H groups in total. The Morgan fingerprint density at radius 1 is 1.38 bits per heavy atom. The number of rotatable bonds is 5. The standard InChI is InChI=1S/C16H20N2O3/c1-5-10(2)6-12(15(17)19)7-13-11(3)8-18-9-14(13)16(20)21-4/h6-9H,5H2,1-4H3,(H2,17,19). The van der Waals surface area contributed by atoms with Gasteiger partial charge in [-0.3, -0.25) is 9.78 Å². The third-order valence-electron chi connectivity index (χ3n) is 3.14. The Labute approximate surface area is 124 Å². The molecule has 0 aliphatic rings. The van der Waals surface area contributed by atoms with Gasteiger partial charge in [0.05, 0.1) is 12.7 Å². The van der Waals surface area contributed by atoms with Gasteiger partial charge in [0.25, 0.3) is 0 Å². The highest BCUT2D eigenvalue weighted by molar-refractivity contribution is 6.02. The van der Waals surface area contributed by atoms with Gasteiger partial charge in [-0.1, -0.05) is 18.6 Å². The van der Waals surface area contributed by atoms with Crippen LogP contribution in [0.15, 0.2) is 29.6 Å². The van der Waals surface area contributed by atoms with E-state index in [4.69, 9.17) is 10.5 Å². The van der Waals surface area contributed by atoms with E-state index >= 15 is 0 Å². The fraction of sp³-hybridized carbons (Fsp3) is 0.312. The maximum atomic E-state index is 11.8. The van der Waals surface area contributed by atoms with Crippen molar-refractivity contribution < 1.29 is 14.3 Å². The molecule has 1 aromatic heterocycles. The lowest BCUT2D eigenvalue weighted by Gasteiger charge is -2.08. The van der Waals surface area contributed by atoms with E-state index < -0.39 is 11.9 Å². The van der Waals surface area contributed by atoms with Crippen molar-refractivity contribution in [1.82, 2.24) is 4.98 Å². The first kappa shape index (κ1) is 16.6. The molecule has 0 atom stereocenters. The van der Waals surface area contributed by atoms with Gasteiger partial charge in [-0.25, -0.2) is 4.79 Å². The molecule has 21 heavy (non-hydrogen) atoms. The molecule has 0 saturated carbocycles. The van der Waals surface area contributed by atoms with E-state index in [-0.39, 0.29) is 0 Å². The minimum absolute atomic E-state index is 0.304. The number of aromatic nitrogens is 1. The summed E-state index contributed by atoms with van der Waals surface area (Å²) >= 11 is 0. The number of methoxy groups -OCH3 is 1. The number of ether oxygens (including phenoxy) is 1. The van der Waals surface area contributed by atoms with Gasteiger partial charge >= 0.3 is 5.97 Å². The monoisotopic (exact) mass is 288 g/mol. The molecule has 0 saturated heterocycles. The largest absolute Gasteiger partial charge is 0.465 e. The van der Waals surface area contributed by atoms with Gasteiger partial charge in [0.15, 0.2) is 0 Å². The number of carbonyl (C=O) groups is 2. The Morgan fingerprint density at radius 3 is 2.57 bits per heavy atom. The van der Waals surface area contributed by atoms with E-state index in [2.05, 4.69) is 4.98 Å². The summed E-state index contributed by atoms with van der Waals surface area (Å²) in [5.74, 6) is -1.05. The Hall–Kier alpha value is -2.43. The zero-order valence-corrected chi connectivity index (χ0v) is 12.8. The molecule has 1 aromatic rings. The van der Waals surface area contributed by atoms with Crippen LogP contribution in [0.2, 0.25) is 0 Å². The second-order valence-corrected chi connectivity index (χ2v) is 4.72. The molecule has 0 aliphatic heterocycles. The van der Waals surface area contributed by atoms with Crippen LogP contribution in [-0.4, -0.2) is 24.0 Å². The van der Waals surface area contributed by atoms with Crippen LogP contribution < -0.4 is 5.73 Å². The summed E-state index contributed by atoms with van der Waals surface area (Å²) in [5.41, 5.74) is 8.43. The van der Waals surface area contributed by atoms with E-state index in [9.17, 15) is 9.59 Å². The van der Waals surface area contributed by atoms with Gasteiger partial charge in [0, 0.05) is 18.0 Å². The number of nitrogens with two attached hydrogens (primary N) is 1. The zero-order chi connectivity index (χ0) is 16.0. The first-order valence-electron chi connectivity index (χ1n) is 6.62. The number of allylic oxidation sites excluding steroid dienone is 1. The quantitative estimate of drug-likeness (QED) is 0.512. The average Bonchev–Trinajstić information content (AvgIpc) is 2.46. The molecule has 0 bridgehead atoms. The number of carbonyl (C=O) groups excluding carboxylic acids is 2. The molecule has 0 fully saturated rings. The zero-order valence-electron chi connectivity index (χ0n) is 12.8. The molecule has 0 radical (unpaired) electrons. The Morgan fingerprint density at radius 2 is 2.05 bits per heavy atom. The predicted octanol–water partition coefficient (Wildman–Crippen LogP) is 2.40. The van der Waals surface area contributed by atoms with Crippen molar-refractivity contribution in [3.63, 3.8) is 0 Å². The van der Waals surface area contributed by atoms with Gasteiger partial charge in [-0.05, 0) is 37.5 Å². The number of pyridine rings is 1. The predicted molar refractivity (Wildman–Crippen MR) is 81.5 cm³/mol. The lowest BCUT2D eigenvalue weighted by atomic mass is 10.0. The number of hydrogen-bond acceptors (Lipinski definition) is 4. The summed E-state index contributed by atoms with van der Waals surface area (Å²) in [5, 5.41) is 0. The van der Waals surface area contributed by atoms with Crippen LogP contribution in [0.4, 0.5) is 0 Å². The molecule has 5 heteroatoms. The number of amides is 1. The summed E-state index contributed by atoms with van der Waals surface area (Å²) < 4.78 is 4.74. The summed E-state index contributed by atoms with van der Waals surface area (Å²) in [6, 6.07) is 0. The second-order valence-electron chi connectivity index (χ2n) is 4.72.